The first-order valence-electron chi connectivity index (χ1n) is 7.89. The van der Waals surface area contributed by atoms with Crippen LogP contribution in [0.2, 0.25) is 0 Å². The summed E-state index contributed by atoms with van der Waals surface area (Å²) in [6.07, 6.45) is 1.74. The Bertz CT molecular complexity index is 937. The molecule has 0 amide bonds. The zero-order valence-corrected chi connectivity index (χ0v) is 19.3. The molecule has 0 aliphatic rings. The SMILES string of the molecule is CO.COc1ccc2nc(S(=O)Cc3ncc(C)c(OC)c3C)[nH]c2c1.[H-].[Na+]. The van der Waals surface area contributed by atoms with Crippen LogP contribution in [0.1, 0.15) is 18.2 Å². The Hall–Kier alpha value is -1.45. The zero-order chi connectivity index (χ0) is 19.3. The quantitative estimate of drug-likeness (QED) is 0.566. The maximum Gasteiger partial charge on any atom is 1.00 e. The number of aliphatic hydroxyl groups is 1. The van der Waals surface area contributed by atoms with Crippen molar-refractivity contribution in [3.8, 4) is 11.5 Å². The van der Waals surface area contributed by atoms with E-state index in [-0.39, 0.29) is 36.7 Å². The first-order valence-corrected chi connectivity index (χ1v) is 9.21. The molecule has 0 aliphatic heterocycles. The molecule has 9 heteroatoms. The number of imidazole rings is 1. The van der Waals surface area contributed by atoms with Gasteiger partial charge in [0.25, 0.3) is 0 Å². The van der Waals surface area contributed by atoms with Gasteiger partial charge in [-0.25, -0.2) is 4.98 Å². The summed E-state index contributed by atoms with van der Waals surface area (Å²) >= 11 is 0. The van der Waals surface area contributed by atoms with Gasteiger partial charge in [-0.2, -0.15) is 0 Å². The van der Waals surface area contributed by atoms with E-state index in [2.05, 4.69) is 15.0 Å². The number of aromatic amines is 1. The second-order valence-electron chi connectivity index (χ2n) is 5.46. The van der Waals surface area contributed by atoms with Gasteiger partial charge in [-0.1, -0.05) is 0 Å². The predicted molar refractivity (Wildman–Crippen MR) is 102 cm³/mol. The number of ether oxygens (including phenoxy) is 2. The second-order valence-corrected chi connectivity index (χ2v) is 6.83. The van der Waals surface area contributed by atoms with Crippen LogP contribution < -0.4 is 39.0 Å². The molecule has 2 heterocycles. The van der Waals surface area contributed by atoms with Gasteiger partial charge in [-0.15, -0.1) is 0 Å². The van der Waals surface area contributed by atoms with E-state index in [1.54, 1.807) is 20.4 Å². The Morgan fingerprint density at radius 1 is 1.22 bits per heavy atom. The number of aromatic nitrogens is 3. The van der Waals surface area contributed by atoms with Crippen molar-refractivity contribution in [3.63, 3.8) is 0 Å². The number of aliphatic hydroxyl groups excluding tert-OH is 1. The van der Waals surface area contributed by atoms with Crippen molar-refractivity contribution in [2.45, 2.75) is 24.8 Å². The van der Waals surface area contributed by atoms with Crippen LogP contribution in [0.4, 0.5) is 0 Å². The molecule has 3 aromatic rings. The number of hydrogen-bond donors (Lipinski definition) is 2. The Morgan fingerprint density at radius 3 is 2.56 bits per heavy atom. The van der Waals surface area contributed by atoms with Crippen LogP contribution in [-0.4, -0.2) is 45.6 Å². The van der Waals surface area contributed by atoms with E-state index in [1.807, 2.05) is 32.0 Å². The molecule has 2 aromatic heterocycles. The van der Waals surface area contributed by atoms with Crippen molar-refractivity contribution in [2.75, 3.05) is 21.3 Å². The summed E-state index contributed by atoms with van der Waals surface area (Å²) in [5.41, 5.74) is 4.16. The fourth-order valence-electron chi connectivity index (χ4n) is 2.61. The number of aryl methyl sites for hydroxylation is 1. The molecule has 2 N–H and O–H groups in total. The average Bonchev–Trinajstić information content (AvgIpc) is 3.09. The molecule has 0 fully saturated rings. The van der Waals surface area contributed by atoms with Crippen LogP contribution in [-0.2, 0) is 16.6 Å². The van der Waals surface area contributed by atoms with Crippen LogP contribution in [0.5, 0.6) is 11.5 Å². The van der Waals surface area contributed by atoms with E-state index in [9.17, 15) is 4.21 Å². The van der Waals surface area contributed by atoms with Crippen molar-refractivity contribution in [1.29, 1.82) is 0 Å². The van der Waals surface area contributed by atoms with Crippen LogP contribution >= 0.6 is 0 Å². The summed E-state index contributed by atoms with van der Waals surface area (Å²) in [4.78, 5) is 11.9. The Morgan fingerprint density at radius 2 is 1.93 bits per heavy atom. The Kier molecular flexibility index (Phi) is 9.41. The summed E-state index contributed by atoms with van der Waals surface area (Å²) in [6, 6.07) is 5.50. The molecule has 0 saturated carbocycles. The van der Waals surface area contributed by atoms with Gasteiger partial charge in [0.05, 0.1) is 47.5 Å². The minimum Gasteiger partial charge on any atom is -1.00 e. The molecular formula is C18H24N3NaO4S. The van der Waals surface area contributed by atoms with E-state index < -0.39 is 10.8 Å². The fourth-order valence-corrected chi connectivity index (χ4v) is 3.71. The smallest absolute Gasteiger partial charge is 1.00 e. The standard InChI is InChI=1S/C17H19N3O3S.CH4O.Na.H/c1-10-8-18-15(11(2)16(10)23-4)9-24(21)17-19-13-6-5-12(22-3)7-14(13)20-17;1-2;;/h5-8H,9H2,1-4H3,(H,19,20);2H,1H3;;/q;;+1;-1. The number of rotatable bonds is 5. The van der Waals surface area contributed by atoms with Crippen molar-refractivity contribution in [1.82, 2.24) is 15.0 Å². The number of H-pyrrole nitrogens is 1. The minimum absolute atomic E-state index is 0. The maximum absolute atomic E-state index is 12.7. The summed E-state index contributed by atoms with van der Waals surface area (Å²) in [7, 11) is 2.91. The molecule has 1 atom stereocenters. The van der Waals surface area contributed by atoms with Crippen molar-refractivity contribution in [2.24, 2.45) is 0 Å². The normalized spacial score (nSPS) is 11.2. The molecule has 0 saturated heterocycles. The van der Waals surface area contributed by atoms with E-state index >= 15 is 0 Å². The third-order valence-electron chi connectivity index (χ3n) is 3.90. The fraction of sp³-hybridized carbons (Fsp3) is 0.333. The van der Waals surface area contributed by atoms with Crippen molar-refractivity contribution >= 4 is 21.8 Å². The summed E-state index contributed by atoms with van der Waals surface area (Å²) in [5, 5.41) is 7.43. The van der Waals surface area contributed by atoms with Crippen LogP contribution in [0.25, 0.3) is 11.0 Å². The predicted octanol–water partition coefficient (Wildman–Crippen LogP) is -0.375. The summed E-state index contributed by atoms with van der Waals surface area (Å²) in [6.45, 7) is 3.86. The first-order chi connectivity index (χ1) is 12.5. The van der Waals surface area contributed by atoms with Gasteiger partial charge in [0.1, 0.15) is 11.5 Å². The van der Waals surface area contributed by atoms with Gasteiger partial charge >= 0.3 is 29.6 Å². The van der Waals surface area contributed by atoms with Gasteiger partial charge in [0.2, 0.25) is 0 Å². The minimum atomic E-state index is -1.33. The molecule has 1 aromatic carbocycles. The summed E-state index contributed by atoms with van der Waals surface area (Å²) < 4.78 is 23.3. The molecule has 0 radical (unpaired) electrons. The third kappa shape index (κ3) is 5.30. The van der Waals surface area contributed by atoms with Crippen LogP contribution in [0, 0.1) is 13.8 Å². The van der Waals surface area contributed by atoms with Gasteiger partial charge in [0.15, 0.2) is 5.16 Å². The molecule has 3 rings (SSSR count). The topological polar surface area (TPSA) is 97.3 Å². The van der Waals surface area contributed by atoms with E-state index in [1.165, 1.54) is 0 Å². The number of benzene rings is 1. The number of methoxy groups -OCH3 is 2. The average molecular weight is 401 g/mol. The van der Waals surface area contributed by atoms with E-state index in [0.29, 0.717) is 5.16 Å². The molecule has 0 spiro atoms. The zero-order valence-electron chi connectivity index (χ0n) is 17.5. The Labute approximate surface area is 184 Å². The third-order valence-corrected chi connectivity index (χ3v) is 5.06. The molecule has 1 unspecified atom stereocenters. The van der Waals surface area contributed by atoms with Crippen molar-refractivity contribution in [3.05, 3.63) is 41.2 Å². The van der Waals surface area contributed by atoms with Crippen LogP contribution in [0.15, 0.2) is 29.6 Å². The van der Waals surface area contributed by atoms with E-state index in [4.69, 9.17) is 14.6 Å². The monoisotopic (exact) mass is 401 g/mol. The molecule has 0 aliphatic carbocycles. The molecule has 0 bridgehead atoms. The van der Waals surface area contributed by atoms with Gasteiger partial charge in [-0.3, -0.25) is 9.19 Å². The number of pyridine rings is 1. The van der Waals surface area contributed by atoms with Crippen LogP contribution in [0.3, 0.4) is 0 Å². The van der Waals surface area contributed by atoms with Crippen molar-refractivity contribution < 1.29 is 49.8 Å². The maximum atomic E-state index is 12.7. The largest absolute Gasteiger partial charge is 1.00 e. The molecule has 7 nitrogen and oxygen atoms in total. The number of nitrogens with one attached hydrogen (secondary N) is 1. The van der Waals surface area contributed by atoms with Gasteiger partial charge in [0, 0.05) is 30.5 Å². The second kappa shape index (κ2) is 10.8. The number of nitrogens with zero attached hydrogens (tertiary/aromatic N) is 2. The first kappa shape index (κ1) is 23.6. The Balaban J connectivity index is 0.00000177. The van der Waals surface area contributed by atoms with Gasteiger partial charge < -0.3 is 21.0 Å². The van der Waals surface area contributed by atoms with E-state index in [0.717, 1.165) is 46.5 Å². The molecule has 27 heavy (non-hydrogen) atoms. The molecular weight excluding hydrogens is 377 g/mol. The van der Waals surface area contributed by atoms with Gasteiger partial charge in [-0.05, 0) is 26.0 Å². The number of hydrogen-bond acceptors (Lipinski definition) is 6. The summed E-state index contributed by atoms with van der Waals surface area (Å²) in [5.74, 6) is 1.79. The number of fused-ring (bicyclic) bond motifs is 1. The molecule has 142 valence electrons.